The number of nitrogens with one attached hydrogen (secondary N) is 1. The van der Waals surface area contributed by atoms with Crippen molar-refractivity contribution in [2.75, 3.05) is 24.3 Å². The molecule has 1 amide bonds. The maximum absolute atomic E-state index is 12.5. The summed E-state index contributed by atoms with van der Waals surface area (Å²) in [5.41, 5.74) is 3.36. The number of rotatable bonds is 9. The second-order valence-electron chi connectivity index (χ2n) is 6.18. The van der Waals surface area contributed by atoms with Gasteiger partial charge in [0.15, 0.2) is 6.61 Å². The molecule has 158 valence electrons. The predicted octanol–water partition coefficient (Wildman–Crippen LogP) is 1.90. The second kappa shape index (κ2) is 10.3. The Morgan fingerprint density at radius 2 is 1.80 bits per heavy atom. The van der Waals surface area contributed by atoms with Crippen LogP contribution in [0.2, 0.25) is 0 Å². The van der Waals surface area contributed by atoms with Crippen molar-refractivity contribution in [3.05, 3.63) is 54.1 Å². The summed E-state index contributed by atoms with van der Waals surface area (Å²) in [5, 5.41) is 12.4. The topological polar surface area (TPSA) is 121 Å². The zero-order chi connectivity index (χ0) is 22.1. The molecule has 10 heteroatoms. The van der Waals surface area contributed by atoms with Gasteiger partial charge in [-0.05, 0) is 61.0 Å². The molecule has 0 aliphatic carbocycles. The van der Waals surface area contributed by atoms with Crippen molar-refractivity contribution in [1.29, 1.82) is 5.26 Å². The van der Waals surface area contributed by atoms with E-state index in [0.29, 0.717) is 22.7 Å². The number of methoxy groups -OCH3 is 1. The average Bonchev–Trinajstić information content (AvgIpc) is 2.72. The number of amides is 1. The summed E-state index contributed by atoms with van der Waals surface area (Å²) in [6.07, 6.45) is 2.44. The van der Waals surface area contributed by atoms with Gasteiger partial charge in [0.2, 0.25) is 10.0 Å². The monoisotopic (exact) mass is 430 g/mol. The van der Waals surface area contributed by atoms with Crippen LogP contribution in [-0.4, -0.2) is 46.6 Å². The van der Waals surface area contributed by atoms with Crippen molar-refractivity contribution in [2.45, 2.75) is 13.0 Å². The fourth-order valence-corrected chi connectivity index (χ4v) is 3.74. The van der Waals surface area contributed by atoms with Gasteiger partial charge in [0.25, 0.3) is 5.91 Å². The number of anilines is 1. The molecule has 0 bridgehead atoms. The average molecular weight is 430 g/mol. The first-order valence-corrected chi connectivity index (χ1v) is 10.7. The van der Waals surface area contributed by atoms with E-state index in [9.17, 15) is 13.2 Å². The van der Waals surface area contributed by atoms with Crippen LogP contribution in [0.3, 0.4) is 0 Å². The Hall–Kier alpha value is -3.58. The Morgan fingerprint density at radius 1 is 1.20 bits per heavy atom. The Labute approximate surface area is 175 Å². The summed E-state index contributed by atoms with van der Waals surface area (Å²) < 4.78 is 35.8. The minimum Gasteiger partial charge on any atom is -0.497 e. The van der Waals surface area contributed by atoms with Crippen LogP contribution in [0, 0.1) is 11.3 Å². The van der Waals surface area contributed by atoms with Gasteiger partial charge < -0.3 is 9.47 Å². The van der Waals surface area contributed by atoms with Crippen LogP contribution >= 0.6 is 0 Å². The number of nitrogens with zero attached hydrogens (tertiary/aromatic N) is 3. The number of hydrazone groups is 1. The number of hydrogen-bond acceptors (Lipinski definition) is 7. The van der Waals surface area contributed by atoms with Crippen LogP contribution in [0.1, 0.15) is 12.5 Å². The van der Waals surface area contributed by atoms with Gasteiger partial charge in [-0.2, -0.15) is 10.4 Å². The highest BCUT2D eigenvalue weighted by atomic mass is 32.2. The van der Waals surface area contributed by atoms with Crippen molar-refractivity contribution in [2.24, 2.45) is 5.10 Å². The number of nitriles is 1. The molecule has 1 N–H and O–H groups in total. The Morgan fingerprint density at radius 3 is 2.33 bits per heavy atom. The molecule has 0 saturated heterocycles. The predicted molar refractivity (Wildman–Crippen MR) is 113 cm³/mol. The lowest BCUT2D eigenvalue weighted by Crippen LogP contribution is -2.46. The van der Waals surface area contributed by atoms with Crippen LogP contribution in [0.25, 0.3) is 0 Å². The molecular weight excluding hydrogens is 408 g/mol. The van der Waals surface area contributed by atoms with E-state index in [1.54, 1.807) is 48.5 Å². The molecule has 2 aromatic rings. The van der Waals surface area contributed by atoms with E-state index in [1.165, 1.54) is 20.2 Å². The first kappa shape index (κ1) is 22.7. The van der Waals surface area contributed by atoms with Crippen LogP contribution < -0.4 is 19.2 Å². The Bertz CT molecular complexity index is 1030. The summed E-state index contributed by atoms with van der Waals surface area (Å²) in [6, 6.07) is 13.9. The van der Waals surface area contributed by atoms with Gasteiger partial charge in [-0.1, -0.05) is 0 Å². The summed E-state index contributed by atoms with van der Waals surface area (Å²) in [6.45, 7) is 1.42. The van der Waals surface area contributed by atoms with E-state index >= 15 is 0 Å². The van der Waals surface area contributed by atoms with Gasteiger partial charge in [0.05, 0.1) is 25.3 Å². The number of carbonyl (C=O) groups excluding carboxylic acids is 1. The maximum Gasteiger partial charge on any atom is 0.263 e. The molecule has 1 atom stereocenters. The summed E-state index contributed by atoms with van der Waals surface area (Å²) >= 11 is 0. The lowest BCUT2D eigenvalue weighted by atomic mass is 10.2. The molecule has 30 heavy (non-hydrogen) atoms. The zero-order valence-corrected chi connectivity index (χ0v) is 17.6. The third-order valence-corrected chi connectivity index (χ3v) is 5.23. The number of sulfonamides is 1. The van der Waals surface area contributed by atoms with Crippen molar-refractivity contribution >= 4 is 27.8 Å². The largest absolute Gasteiger partial charge is 0.497 e. The second-order valence-corrected chi connectivity index (χ2v) is 8.04. The number of carbonyl (C=O) groups is 1. The third-order valence-electron chi connectivity index (χ3n) is 3.99. The summed E-state index contributed by atoms with van der Waals surface area (Å²) in [7, 11) is -2.22. The SMILES string of the molecule is COc1ccc(N([C@@H](C)C(=O)N/N=C\c2ccc(OCC#N)cc2)S(C)(=O)=O)cc1. The highest BCUT2D eigenvalue weighted by molar-refractivity contribution is 7.92. The van der Waals surface area contributed by atoms with E-state index in [4.69, 9.17) is 14.7 Å². The van der Waals surface area contributed by atoms with Crippen molar-refractivity contribution in [3.8, 4) is 17.6 Å². The molecule has 2 rings (SSSR count). The molecule has 9 nitrogen and oxygen atoms in total. The first-order valence-electron chi connectivity index (χ1n) is 8.82. The molecule has 0 radical (unpaired) electrons. The molecule has 0 aromatic heterocycles. The summed E-state index contributed by atoms with van der Waals surface area (Å²) in [4.78, 5) is 12.5. The molecule has 0 aliphatic rings. The number of benzene rings is 2. The van der Waals surface area contributed by atoms with Crippen LogP contribution in [0.15, 0.2) is 53.6 Å². The minimum atomic E-state index is -3.73. The molecule has 0 heterocycles. The van der Waals surface area contributed by atoms with Crippen molar-refractivity contribution < 1.29 is 22.7 Å². The lowest BCUT2D eigenvalue weighted by molar-refractivity contribution is -0.121. The Balaban J connectivity index is 2.07. The fourth-order valence-electron chi connectivity index (χ4n) is 2.57. The third kappa shape index (κ3) is 6.22. The molecule has 0 unspecified atom stereocenters. The lowest BCUT2D eigenvalue weighted by Gasteiger charge is -2.27. The molecule has 2 aromatic carbocycles. The van der Waals surface area contributed by atoms with Crippen LogP contribution in [-0.2, 0) is 14.8 Å². The van der Waals surface area contributed by atoms with Gasteiger partial charge in [-0.25, -0.2) is 13.8 Å². The van der Waals surface area contributed by atoms with Crippen LogP contribution in [0.5, 0.6) is 11.5 Å². The highest BCUT2D eigenvalue weighted by Gasteiger charge is 2.29. The van der Waals surface area contributed by atoms with E-state index in [0.717, 1.165) is 10.6 Å². The summed E-state index contributed by atoms with van der Waals surface area (Å²) in [5.74, 6) is 0.508. The van der Waals surface area contributed by atoms with Crippen LogP contribution in [0.4, 0.5) is 5.69 Å². The molecular formula is C20H22N4O5S. The van der Waals surface area contributed by atoms with Gasteiger partial charge >= 0.3 is 0 Å². The van der Waals surface area contributed by atoms with E-state index in [2.05, 4.69) is 10.5 Å². The standard InChI is InChI=1S/C20H22N4O5S/c1-15(24(30(3,26)27)17-6-10-18(28-2)11-7-17)20(25)23-22-14-16-4-8-19(9-5-16)29-13-12-21/h4-11,14-15H,13H2,1-3H3,(H,23,25)/b22-14-/t15-/m0/s1. The minimum absolute atomic E-state index is 0.0492. The van der Waals surface area contributed by atoms with Crippen molar-refractivity contribution in [3.63, 3.8) is 0 Å². The normalized spacial score (nSPS) is 12.1. The van der Waals surface area contributed by atoms with Gasteiger partial charge in [-0.15, -0.1) is 0 Å². The van der Waals surface area contributed by atoms with E-state index < -0.39 is 22.0 Å². The van der Waals surface area contributed by atoms with Gasteiger partial charge in [0.1, 0.15) is 23.6 Å². The van der Waals surface area contributed by atoms with Crippen molar-refractivity contribution in [1.82, 2.24) is 5.43 Å². The zero-order valence-electron chi connectivity index (χ0n) is 16.8. The molecule has 0 fully saturated rings. The van der Waals surface area contributed by atoms with E-state index in [1.807, 2.05) is 6.07 Å². The van der Waals surface area contributed by atoms with E-state index in [-0.39, 0.29) is 6.61 Å². The number of hydrogen-bond donors (Lipinski definition) is 1. The Kier molecular flexibility index (Phi) is 7.77. The number of ether oxygens (including phenoxy) is 2. The maximum atomic E-state index is 12.5. The molecule has 0 aliphatic heterocycles. The fraction of sp³-hybridized carbons (Fsp3) is 0.250. The first-order chi connectivity index (χ1) is 14.3. The highest BCUT2D eigenvalue weighted by Crippen LogP contribution is 2.23. The van der Waals surface area contributed by atoms with Gasteiger partial charge in [0, 0.05) is 0 Å². The van der Waals surface area contributed by atoms with Gasteiger partial charge in [-0.3, -0.25) is 9.10 Å². The smallest absolute Gasteiger partial charge is 0.263 e. The molecule has 0 spiro atoms. The quantitative estimate of drug-likeness (QED) is 0.479. The molecule has 0 saturated carbocycles.